The first-order valence-electron chi connectivity index (χ1n) is 7.57. The van der Waals surface area contributed by atoms with Crippen molar-refractivity contribution in [3.63, 3.8) is 0 Å². The molecule has 1 aliphatic carbocycles. The minimum absolute atomic E-state index is 0.830. The minimum Gasteiger partial charge on any atom is -0.370 e. The fourth-order valence-corrected chi connectivity index (χ4v) is 2.36. The molecule has 0 radical (unpaired) electrons. The lowest BCUT2D eigenvalue weighted by atomic mass is 10.1. The Morgan fingerprint density at radius 1 is 1.16 bits per heavy atom. The SMILES string of the molecule is CCCNc1ncnc(NCC2CC2C)c1CCC. The van der Waals surface area contributed by atoms with Gasteiger partial charge in [0.25, 0.3) is 0 Å². The van der Waals surface area contributed by atoms with E-state index in [0.29, 0.717) is 0 Å². The summed E-state index contributed by atoms with van der Waals surface area (Å²) in [5.74, 6) is 3.73. The van der Waals surface area contributed by atoms with Gasteiger partial charge in [-0.25, -0.2) is 9.97 Å². The van der Waals surface area contributed by atoms with Crippen LogP contribution in [0.15, 0.2) is 6.33 Å². The van der Waals surface area contributed by atoms with Gasteiger partial charge in [0.1, 0.15) is 18.0 Å². The quantitative estimate of drug-likeness (QED) is 0.754. The molecule has 19 heavy (non-hydrogen) atoms. The Balaban J connectivity index is 2.06. The van der Waals surface area contributed by atoms with Gasteiger partial charge in [0, 0.05) is 18.7 Å². The molecule has 2 unspecified atom stereocenters. The van der Waals surface area contributed by atoms with E-state index >= 15 is 0 Å². The molecule has 4 heteroatoms. The van der Waals surface area contributed by atoms with Gasteiger partial charge >= 0.3 is 0 Å². The molecule has 1 aromatic heterocycles. The number of anilines is 2. The second-order valence-electron chi connectivity index (χ2n) is 5.58. The van der Waals surface area contributed by atoms with E-state index in [0.717, 1.165) is 55.8 Å². The van der Waals surface area contributed by atoms with Crippen LogP contribution in [0.3, 0.4) is 0 Å². The third-order valence-electron chi connectivity index (χ3n) is 3.80. The van der Waals surface area contributed by atoms with Gasteiger partial charge in [-0.2, -0.15) is 0 Å². The van der Waals surface area contributed by atoms with E-state index in [1.165, 1.54) is 12.0 Å². The highest BCUT2D eigenvalue weighted by atomic mass is 15.1. The highest BCUT2D eigenvalue weighted by Gasteiger charge is 2.32. The van der Waals surface area contributed by atoms with Gasteiger partial charge in [0.15, 0.2) is 0 Å². The van der Waals surface area contributed by atoms with Gasteiger partial charge in [-0.1, -0.05) is 27.2 Å². The first-order chi connectivity index (χ1) is 9.26. The number of hydrogen-bond acceptors (Lipinski definition) is 4. The van der Waals surface area contributed by atoms with Crippen LogP contribution >= 0.6 is 0 Å². The van der Waals surface area contributed by atoms with E-state index in [-0.39, 0.29) is 0 Å². The zero-order chi connectivity index (χ0) is 13.7. The summed E-state index contributed by atoms with van der Waals surface area (Å²) in [4.78, 5) is 8.82. The molecule has 0 amide bonds. The summed E-state index contributed by atoms with van der Waals surface area (Å²) in [5, 5.41) is 6.93. The molecule has 0 aromatic carbocycles. The van der Waals surface area contributed by atoms with Crippen molar-refractivity contribution in [2.75, 3.05) is 23.7 Å². The summed E-state index contributed by atoms with van der Waals surface area (Å²) in [6.45, 7) is 8.69. The van der Waals surface area contributed by atoms with E-state index < -0.39 is 0 Å². The minimum atomic E-state index is 0.830. The van der Waals surface area contributed by atoms with Crippen LogP contribution in [0, 0.1) is 11.8 Å². The molecule has 2 atom stereocenters. The van der Waals surface area contributed by atoms with Gasteiger partial charge in [-0.3, -0.25) is 0 Å². The summed E-state index contributed by atoms with van der Waals surface area (Å²) in [6, 6.07) is 0. The standard InChI is InChI=1S/C15H26N4/c1-4-6-13-14(16-7-5-2)18-10-19-15(13)17-9-12-8-11(12)3/h10-12H,4-9H2,1-3H3,(H2,16,17,18,19). The maximum absolute atomic E-state index is 4.43. The highest BCUT2D eigenvalue weighted by Crippen LogP contribution is 2.37. The van der Waals surface area contributed by atoms with Crippen LogP contribution in [-0.4, -0.2) is 23.1 Å². The van der Waals surface area contributed by atoms with Gasteiger partial charge in [0.2, 0.25) is 0 Å². The second-order valence-corrected chi connectivity index (χ2v) is 5.58. The molecule has 2 rings (SSSR count). The molecule has 1 aliphatic rings. The monoisotopic (exact) mass is 262 g/mol. The van der Waals surface area contributed by atoms with Gasteiger partial charge < -0.3 is 10.6 Å². The summed E-state index contributed by atoms with van der Waals surface area (Å²) in [6.07, 6.45) is 6.26. The lowest BCUT2D eigenvalue weighted by molar-refractivity contribution is 0.780. The maximum Gasteiger partial charge on any atom is 0.134 e. The zero-order valence-electron chi connectivity index (χ0n) is 12.4. The highest BCUT2D eigenvalue weighted by molar-refractivity contribution is 5.57. The van der Waals surface area contributed by atoms with Crippen LogP contribution in [-0.2, 0) is 6.42 Å². The molecule has 4 nitrogen and oxygen atoms in total. The van der Waals surface area contributed by atoms with E-state index in [1.54, 1.807) is 6.33 Å². The fourth-order valence-electron chi connectivity index (χ4n) is 2.36. The van der Waals surface area contributed by atoms with Crippen molar-refractivity contribution >= 4 is 11.6 Å². The van der Waals surface area contributed by atoms with E-state index in [9.17, 15) is 0 Å². The topological polar surface area (TPSA) is 49.8 Å². The molecule has 106 valence electrons. The molecule has 1 fully saturated rings. The molecule has 1 heterocycles. The summed E-state index contributed by atoms with van der Waals surface area (Å²) in [5.41, 5.74) is 1.24. The zero-order valence-corrected chi connectivity index (χ0v) is 12.4. The molecule has 0 aliphatic heterocycles. The Hall–Kier alpha value is -1.32. The lowest BCUT2D eigenvalue weighted by Crippen LogP contribution is -2.12. The van der Waals surface area contributed by atoms with Crippen molar-refractivity contribution in [2.24, 2.45) is 11.8 Å². The van der Waals surface area contributed by atoms with Crippen molar-refractivity contribution < 1.29 is 0 Å². The molecular weight excluding hydrogens is 236 g/mol. The first kappa shape index (κ1) is 14.1. The predicted octanol–water partition coefficient (Wildman–Crippen LogP) is 3.32. The number of nitrogens with one attached hydrogen (secondary N) is 2. The normalized spacial score (nSPS) is 21.2. The molecule has 0 bridgehead atoms. The third-order valence-corrected chi connectivity index (χ3v) is 3.80. The fraction of sp³-hybridized carbons (Fsp3) is 0.733. The van der Waals surface area contributed by atoms with Crippen LogP contribution in [0.5, 0.6) is 0 Å². The predicted molar refractivity (Wildman–Crippen MR) is 80.6 cm³/mol. The average molecular weight is 262 g/mol. The third kappa shape index (κ3) is 3.82. The van der Waals surface area contributed by atoms with Gasteiger partial charge in [0.05, 0.1) is 0 Å². The molecule has 0 spiro atoms. The number of aromatic nitrogens is 2. The van der Waals surface area contributed by atoms with Crippen LogP contribution in [0.25, 0.3) is 0 Å². The summed E-state index contributed by atoms with van der Waals surface area (Å²) in [7, 11) is 0. The Morgan fingerprint density at radius 3 is 2.42 bits per heavy atom. The Bertz CT molecular complexity index is 405. The van der Waals surface area contributed by atoms with Crippen molar-refractivity contribution in [2.45, 2.75) is 46.5 Å². The maximum atomic E-state index is 4.43. The Kier molecular flexibility index (Phi) is 5.00. The average Bonchev–Trinajstić information content (AvgIpc) is 3.12. The Labute approximate surface area is 116 Å². The first-order valence-corrected chi connectivity index (χ1v) is 7.57. The Morgan fingerprint density at radius 2 is 1.84 bits per heavy atom. The van der Waals surface area contributed by atoms with Crippen molar-refractivity contribution in [1.82, 2.24) is 9.97 Å². The summed E-state index contributed by atoms with van der Waals surface area (Å²) >= 11 is 0. The molecule has 0 saturated heterocycles. The van der Waals surface area contributed by atoms with Crippen molar-refractivity contribution in [3.8, 4) is 0 Å². The van der Waals surface area contributed by atoms with Gasteiger partial charge in [-0.15, -0.1) is 0 Å². The largest absolute Gasteiger partial charge is 0.370 e. The smallest absolute Gasteiger partial charge is 0.134 e. The lowest BCUT2D eigenvalue weighted by Gasteiger charge is -2.14. The number of rotatable bonds is 8. The van der Waals surface area contributed by atoms with Crippen molar-refractivity contribution in [1.29, 1.82) is 0 Å². The van der Waals surface area contributed by atoms with E-state index in [1.807, 2.05) is 0 Å². The van der Waals surface area contributed by atoms with Crippen LogP contribution in [0.2, 0.25) is 0 Å². The van der Waals surface area contributed by atoms with Crippen molar-refractivity contribution in [3.05, 3.63) is 11.9 Å². The molecule has 1 aromatic rings. The number of nitrogens with zero attached hydrogens (tertiary/aromatic N) is 2. The second kappa shape index (κ2) is 6.73. The van der Waals surface area contributed by atoms with Crippen LogP contribution in [0.1, 0.15) is 45.6 Å². The van der Waals surface area contributed by atoms with E-state index in [4.69, 9.17) is 0 Å². The molecule has 2 N–H and O–H groups in total. The van der Waals surface area contributed by atoms with E-state index in [2.05, 4.69) is 41.4 Å². The number of hydrogen-bond donors (Lipinski definition) is 2. The molecular formula is C15H26N4. The van der Waals surface area contributed by atoms with Crippen LogP contribution in [0.4, 0.5) is 11.6 Å². The molecule has 1 saturated carbocycles. The van der Waals surface area contributed by atoms with Crippen LogP contribution < -0.4 is 10.6 Å². The van der Waals surface area contributed by atoms with Gasteiger partial charge in [-0.05, 0) is 31.1 Å². The summed E-state index contributed by atoms with van der Waals surface area (Å²) < 4.78 is 0.